The Morgan fingerprint density at radius 3 is 2.14 bits per heavy atom. The summed E-state index contributed by atoms with van der Waals surface area (Å²) >= 11 is 0. The van der Waals surface area contributed by atoms with Gasteiger partial charge in [0.15, 0.2) is 10.7 Å². The van der Waals surface area contributed by atoms with Crippen LogP contribution >= 0.6 is 0 Å². The minimum atomic E-state index is -3.85. The summed E-state index contributed by atoms with van der Waals surface area (Å²) in [5.74, 6) is -0.465. The van der Waals surface area contributed by atoms with Crippen LogP contribution in [-0.4, -0.2) is 42.8 Å². The van der Waals surface area contributed by atoms with Gasteiger partial charge in [0.05, 0.1) is 0 Å². The van der Waals surface area contributed by atoms with E-state index in [1.54, 1.807) is 43.3 Å². The number of carbonyl (C=O) groups is 2. The fourth-order valence-corrected chi connectivity index (χ4v) is 5.94. The highest BCUT2D eigenvalue weighted by molar-refractivity contribution is 7.89. The van der Waals surface area contributed by atoms with Crippen LogP contribution < -0.4 is 10.6 Å². The van der Waals surface area contributed by atoms with E-state index in [-0.39, 0.29) is 41.5 Å². The third kappa shape index (κ3) is 6.33. The van der Waals surface area contributed by atoms with Gasteiger partial charge in [-0.1, -0.05) is 41.1 Å². The Labute approximate surface area is 216 Å². The predicted octanol–water partition coefficient (Wildman–Crippen LogP) is 4.46. The first kappa shape index (κ1) is 26.3. The Kier molecular flexibility index (Phi) is 7.89. The van der Waals surface area contributed by atoms with E-state index in [4.69, 9.17) is 4.52 Å². The highest BCUT2D eigenvalue weighted by Crippen LogP contribution is 2.30. The van der Waals surface area contributed by atoms with Gasteiger partial charge < -0.3 is 15.2 Å². The first-order valence-electron chi connectivity index (χ1n) is 12.0. The van der Waals surface area contributed by atoms with Crippen LogP contribution in [0.4, 0.5) is 11.4 Å². The number of hydrogen-bond donors (Lipinski definition) is 2. The highest BCUT2D eigenvalue weighted by atomic mass is 32.2. The van der Waals surface area contributed by atoms with Crippen molar-refractivity contribution in [1.82, 2.24) is 9.46 Å². The van der Waals surface area contributed by atoms with Gasteiger partial charge >= 0.3 is 0 Å². The number of benzene rings is 2. The molecule has 0 atom stereocenters. The smallest absolute Gasteiger partial charge is 0.248 e. The Morgan fingerprint density at radius 2 is 1.54 bits per heavy atom. The summed E-state index contributed by atoms with van der Waals surface area (Å²) in [4.78, 5) is 24.0. The van der Waals surface area contributed by atoms with Crippen molar-refractivity contribution in [2.45, 2.75) is 38.5 Å². The molecule has 1 aliphatic rings. The van der Waals surface area contributed by atoms with Crippen molar-refractivity contribution in [2.75, 3.05) is 23.7 Å². The maximum atomic E-state index is 13.5. The number of amides is 2. The molecule has 2 N–H and O–H groups in total. The molecular formula is C27H30N4O5S. The van der Waals surface area contributed by atoms with Crippen molar-refractivity contribution in [3.05, 3.63) is 71.1 Å². The Bertz CT molecular complexity index is 1400. The predicted molar refractivity (Wildman–Crippen MR) is 142 cm³/mol. The first-order valence-corrected chi connectivity index (χ1v) is 13.5. The first-order chi connectivity index (χ1) is 17.6. The van der Waals surface area contributed by atoms with Gasteiger partial charge in [0.25, 0.3) is 0 Å². The van der Waals surface area contributed by atoms with Gasteiger partial charge in [-0.25, -0.2) is 8.42 Å². The summed E-state index contributed by atoms with van der Waals surface area (Å²) < 4.78 is 33.7. The maximum Gasteiger partial charge on any atom is 0.248 e. The molecule has 9 nitrogen and oxygen atoms in total. The Hall–Kier alpha value is -3.76. The molecule has 2 amide bonds. The van der Waals surface area contributed by atoms with E-state index in [2.05, 4.69) is 15.8 Å². The number of anilines is 2. The summed E-state index contributed by atoms with van der Waals surface area (Å²) in [7, 11) is -3.85. The zero-order valence-corrected chi connectivity index (χ0v) is 21.8. The molecule has 0 spiro atoms. The van der Waals surface area contributed by atoms with E-state index >= 15 is 0 Å². The zero-order chi connectivity index (χ0) is 26.6. The van der Waals surface area contributed by atoms with Crippen LogP contribution in [0, 0.1) is 19.8 Å². The van der Waals surface area contributed by atoms with E-state index in [9.17, 15) is 18.0 Å². The molecule has 2 aromatic carbocycles. The van der Waals surface area contributed by atoms with Gasteiger partial charge in [-0.05, 0) is 62.6 Å². The summed E-state index contributed by atoms with van der Waals surface area (Å²) in [6.45, 7) is 5.46. The lowest BCUT2D eigenvalue weighted by atomic mass is 9.97. The molecule has 1 aromatic heterocycles. The Morgan fingerprint density at radius 1 is 0.946 bits per heavy atom. The molecule has 10 heteroatoms. The molecule has 0 saturated carbocycles. The monoisotopic (exact) mass is 522 g/mol. The molecule has 0 bridgehead atoms. The summed E-state index contributed by atoms with van der Waals surface area (Å²) in [5.41, 5.74) is 3.60. The highest BCUT2D eigenvalue weighted by Gasteiger charge is 2.36. The molecule has 37 heavy (non-hydrogen) atoms. The van der Waals surface area contributed by atoms with E-state index in [0.29, 0.717) is 29.9 Å². The number of nitrogens with zero attached hydrogens (tertiary/aromatic N) is 2. The number of aryl methyl sites for hydroxylation is 2. The van der Waals surface area contributed by atoms with Crippen molar-refractivity contribution in [2.24, 2.45) is 5.92 Å². The van der Waals surface area contributed by atoms with Crippen molar-refractivity contribution < 1.29 is 22.5 Å². The average molecular weight is 523 g/mol. The molecule has 4 rings (SSSR count). The molecule has 1 fully saturated rings. The topological polar surface area (TPSA) is 122 Å². The molecule has 2 heterocycles. The van der Waals surface area contributed by atoms with Gasteiger partial charge in [-0.3, -0.25) is 9.59 Å². The van der Waals surface area contributed by atoms with Crippen molar-refractivity contribution in [1.29, 1.82) is 0 Å². The van der Waals surface area contributed by atoms with E-state index in [1.807, 2.05) is 31.2 Å². The standard InChI is InChI=1S/C27H30N4O5S/c1-18-4-6-21(7-5-18)8-13-25-26(19(2)30-36-25)37(34,35)31-16-14-22(15-17-31)27(33)29-24-11-9-23(10-12-24)28-20(3)32/h4-13,22H,14-17H2,1-3H3,(H,28,32)(H,29,33)/b13-8+. The molecule has 0 unspecified atom stereocenters. The van der Waals surface area contributed by atoms with Crippen molar-refractivity contribution >= 4 is 45.4 Å². The van der Waals surface area contributed by atoms with Crippen LogP contribution in [0.25, 0.3) is 12.2 Å². The third-order valence-electron chi connectivity index (χ3n) is 6.23. The lowest BCUT2D eigenvalue weighted by Gasteiger charge is -2.30. The van der Waals surface area contributed by atoms with Crippen LogP contribution in [0.1, 0.15) is 42.3 Å². The molecule has 0 aliphatic carbocycles. The molecule has 194 valence electrons. The summed E-state index contributed by atoms with van der Waals surface area (Å²) in [6.07, 6.45) is 4.20. The molecule has 1 saturated heterocycles. The zero-order valence-electron chi connectivity index (χ0n) is 21.0. The number of piperidine rings is 1. The molecule has 0 radical (unpaired) electrons. The third-order valence-corrected chi connectivity index (χ3v) is 8.29. The van der Waals surface area contributed by atoms with Crippen LogP contribution in [0.15, 0.2) is 57.9 Å². The van der Waals surface area contributed by atoms with E-state index in [1.165, 1.54) is 11.2 Å². The number of rotatable bonds is 7. The number of carbonyl (C=O) groups excluding carboxylic acids is 2. The van der Waals surface area contributed by atoms with E-state index < -0.39 is 10.0 Å². The van der Waals surface area contributed by atoms with Crippen LogP contribution in [0.2, 0.25) is 0 Å². The molecular weight excluding hydrogens is 492 g/mol. The second kappa shape index (κ2) is 11.1. The van der Waals surface area contributed by atoms with Gasteiger partial charge in [-0.15, -0.1) is 0 Å². The molecule has 3 aromatic rings. The second-order valence-electron chi connectivity index (χ2n) is 9.13. The fourth-order valence-electron chi connectivity index (χ4n) is 4.22. The van der Waals surface area contributed by atoms with Gasteiger partial charge in [0.2, 0.25) is 21.8 Å². The van der Waals surface area contributed by atoms with Gasteiger partial charge in [0.1, 0.15) is 5.69 Å². The lowest BCUT2D eigenvalue weighted by Crippen LogP contribution is -2.41. The summed E-state index contributed by atoms with van der Waals surface area (Å²) in [6, 6.07) is 14.7. The van der Waals surface area contributed by atoms with E-state index in [0.717, 1.165) is 11.1 Å². The average Bonchev–Trinajstić information content (AvgIpc) is 3.25. The minimum absolute atomic E-state index is 0.0537. The fraction of sp³-hybridized carbons (Fsp3) is 0.296. The number of sulfonamides is 1. The number of nitrogens with one attached hydrogen (secondary N) is 2. The van der Waals surface area contributed by atoms with Gasteiger partial charge in [0, 0.05) is 37.3 Å². The maximum absolute atomic E-state index is 13.5. The van der Waals surface area contributed by atoms with Crippen LogP contribution in [-0.2, 0) is 19.6 Å². The van der Waals surface area contributed by atoms with Crippen LogP contribution in [0.5, 0.6) is 0 Å². The van der Waals surface area contributed by atoms with Crippen LogP contribution in [0.3, 0.4) is 0 Å². The lowest BCUT2D eigenvalue weighted by molar-refractivity contribution is -0.121. The van der Waals surface area contributed by atoms with Crippen molar-refractivity contribution in [3.8, 4) is 0 Å². The van der Waals surface area contributed by atoms with Crippen molar-refractivity contribution in [3.63, 3.8) is 0 Å². The minimum Gasteiger partial charge on any atom is -0.355 e. The second-order valence-corrected chi connectivity index (χ2v) is 11.0. The summed E-state index contributed by atoms with van der Waals surface area (Å²) in [5, 5.41) is 9.45. The van der Waals surface area contributed by atoms with Gasteiger partial charge in [-0.2, -0.15) is 4.31 Å². The molecule has 1 aliphatic heterocycles. The number of aromatic nitrogens is 1. The largest absolute Gasteiger partial charge is 0.355 e. The normalized spacial score (nSPS) is 15.1. The quantitative estimate of drug-likeness (QED) is 0.473. The SMILES string of the molecule is CC(=O)Nc1ccc(NC(=O)C2CCN(S(=O)(=O)c3c(C)noc3/C=C/c3ccc(C)cc3)CC2)cc1. The number of hydrogen-bond acceptors (Lipinski definition) is 6. The Balaban J connectivity index is 1.40.